The molecule has 0 atom stereocenters. The fourth-order valence-electron chi connectivity index (χ4n) is 2.65. The molecule has 1 aliphatic rings. The molecule has 126 valence electrons. The maximum absolute atomic E-state index is 13.0. The zero-order valence-electron chi connectivity index (χ0n) is 12.5. The van der Waals surface area contributed by atoms with Crippen molar-refractivity contribution in [2.75, 3.05) is 11.9 Å². The minimum atomic E-state index is -0.535. The van der Waals surface area contributed by atoms with Gasteiger partial charge in [-0.05, 0) is 59.0 Å². The Morgan fingerprint density at radius 2 is 2.17 bits per heavy atom. The zero-order chi connectivity index (χ0) is 17.3. The van der Waals surface area contributed by atoms with E-state index < -0.39 is 17.6 Å². The number of primary amides is 1. The van der Waals surface area contributed by atoms with Gasteiger partial charge in [-0.1, -0.05) is 0 Å². The van der Waals surface area contributed by atoms with Crippen LogP contribution in [0.1, 0.15) is 27.2 Å². The largest absolute Gasteiger partial charge is 0.483 e. The Morgan fingerprint density at radius 1 is 1.38 bits per heavy atom. The summed E-state index contributed by atoms with van der Waals surface area (Å²) < 4.78 is 18.8. The van der Waals surface area contributed by atoms with Crippen LogP contribution in [0.2, 0.25) is 0 Å². The number of aryl methyl sites for hydroxylation is 1. The first-order valence-corrected chi connectivity index (χ1v) is 8.88. The lowest BCUT2D eigenvalue weighted by molar-refractivity contribution is -0.118. The van der Waals surface area contributed by atoms with Gasteiger partial charge in [0.1, 0.15) is 16.6 Å². The standard InChI is InChI=1S/C16H14BrFN2O3S/c17-10-6-8(18)4-5-11(10)23-7-13(21)20-16-14(15(19)22)9-2-1-3-12(9)24-16/h4-6H,1-3,7H2,(H2,19,22)(H,20,21). The fourth-order valence-corrected chi connectivity index (χ4v) is 4.43. The number of halogens is 2. The van der Waals surface area contributed by atoms with Gasteiger partial charge in [0.25, 0.3) is 11.8 Å². The third-order valence-corrected chi connectivity index (χ3v) is 5.50. The van der Waals surface area contributed by atoms with Gasteiger partial charge in [0.05, 0.1) is 10.0 Å². The Morgan fingerprint density at radius 3 is 2.88 bits per heavy atom. The van der Waals surface area contributed by atoms with Crippen molar-refractivity contribution in [3.63, 3.8) is 0 Å². The summed E-state index contributed by atoms with van der Waals surface area (Å²) in [5.74, 6) is -0.992. The molecular weight excluding hydrogens is 399 g/mol. The van der Waals surface area contributed by atoms with Crippen LogP contribution in [0.5, 0.6) is 5.75 Å². The second kappa shape index (κ2) is 6.90. The van der Waals surface area contributed by atoms with Crippen LogP contribution in [0.15, 0.2) is 22.7 Å². The van der Waals surface area contributed by atoms with Gasteiger partial charge in [-0.2, -0.15) is 0 Å². The number of nitrogens with two attached hydrogens (primary N) is 1. The average molecular weight is 413 g/mol. The SMILES string of the molecule is NC(=O)c1c(NC(=O)COc2ccc(F)cc2Br)sc2c1CCC2. The number of fused-ring (bicyclic) bond motifs is 1. The normalized spacial score (nSPS) is 12.8. The second-order valence-corrected chi connectivity index (χ2v) is 7.30. The van der Waals surface area contributed by atoms with Crippen LogP contribution in [0, 0.1) is 5.82 Å². The summed E-state index contributed by atoms with van der Waals surface area (Å²) >= 11 is 4.55. The Balaban J connectivity index is 1.68. The molecule has 0 spiro atoms. The number of benzene rings is 1. The Labute approximate surface area is 150 Å². The van der Waals surface area contributed by atoms with Gasteiger partial charge in [0.2, 0.25) is 0 Å². The number of hydrogen-bond donors (Lipinski definition) is 2. The molecule has 0 radical (unpaired) electrons. The summed E-state index contributed by atoms with van der Waals surface area (Å²) in [5, 5.41) is 3.16. The molecule has 8 heteroatoms. The van der Waals surface area contributed by atoms with Crippen LogP contribution >= 0.6 is 27.3 Å². The van der Waals surface area contributed by atoms with Crippen LogP contribution in [0.4, 0.5) is 9.39 Å². The highest BCUT2D eigenvalue weighted by Gasteiger charge is 2.26. The maximum Gasteiger partial charge on any atom is 0.262 e. The van der Waals surface area contributed by atoms with Crippen molar-refractivity contribution in [3.05, 3.63) is 44.5 Å². The summed E-state index contributed by atoms with van der Waals surface area (Å²) in [5.41, 5.74) is 6.81. The number of ether oxygens (including phenoxy) is 1. The molecule has 0 bridgehead atoms. The fraction of sp³-hybridized carbons (Fsp3) is 0.250. The number of hydrogen-bond acceptors (Lipinski definition) is 4. The lowest BCUT2D eigenvalue weighted by Gasteiger charge is -2.09. The molecule has 5 nitrogen and oxygen atoms in total. The minimum Gasteiger partial charge on any atom is -0.483 e. The molecule has 0 saturated carbocycles. The predicted octanol–water partition coefficient (Wildman–Crippen LogP) is 3.25. The van der Waals surface area contributed by atoms with Gasteiger partial charge in [-0.25, -0.2) is 4.39 Å². The van der Waals surface area contributed by atoms with Crippen molar-refractivity contribution in [1.82, 2.24) is 0 Å². The molecule has 1 aliphatic carbocycles. The maximum atomic E-state index is 13.0. The smallest absolute Gasteiger partial charge is 0.262 e. The highest BCUT2D eigenvalue weighted by atomic mass is 79.9. The van der Waals surface area contributed by atoms with Crippen molar-refractivity contribution < 1.29 is 18.7 Å². The van der Waals surface area contributed by atoms with Crippen LogP contribution < -0.4 is 15.8 Å². The highest BCUT2D eigenvalue weighted by molar-refractivity contribution is 9.10. The lowest BCUT2D eigenvalue weighted by atomic mass is 10.1. The number of nitrogens with one attached hydrogen (secondary N) is 1. The van der Waals surface area contributed by atoms with E-state index in [1.165, 1.54) is 29.5 Å². The quantitative estimate of drug-likeness (QED) is 0.790. The molecule has 0 aliphatic heterocycles. The van der Waals surface area contributed by atoms with Crippen molar-refractivity contribution in [2.45, 2.75) is 19.3 Å². The van der Waals surface area contributed by atoms with Crippen molar-refractivity contribution in [1.29, 1.82) is 0 Å². The molecule has 2 amide bonds. The Hall–Kier alpha value is -1.93. The van der Waals surface area contributed by atoms with Gasteiger partial charge in [0.15, 0.2) is 6.61 Å². The summed E-state index contributed by atoms with van der Waals surface area (Å²) in [4.78, 5) is 24.9. The monoisotopic (exact) mass is 412 g/mol. The molecule has 0 fully saturated rings. The molecule has 3 rings (SSSR count). The van der Waals surface area contributed by atoms with E-state index in [4.69, 9.17) is 10.5 Å². The average Bonchev–Trinajstić information content (AvgIpc) is 3.06. The van der Waals surface area contributed by atoms with E-state index in [0.29, 0.717) is 20.8 Å². The zero-order valence-corrected chi connectivity index (χ0v) is 14.9. The molecule has 1 heterocycles. The van der Waals surface area contributed by atoms with Gasteiger partial charge < -0.3 is 15.8 Å². The van der Waals surface area contributed by atoms with Crippen molar-refractivity contribution >= 4 is 44.1 Å². The van der Waals surface area contributed by atoms with E-state index in [1.54, 1.807) is 0 Å². The van der Waals surface area contributed by atoms with Gasteiger partial charge in [-0.3, -0.25) is 9.59 Å². The van der Waals surface area contributed by atoms with E-state index in [1.807, 2.05) is 0 Å². The first-order valence-electron chi connectivity index (χ1n) is 7.27. The van der Waals surface area contributed by atoms with Crippen LogP contribution in [-0.2, 0) is 17.6 Å². The third-order valence-electron chi connectivity index (χ3n) is 3.67. The number of amides is 2. The molecule has 2 aromatic rings. The predicted molar refractivity (Wildman–Crippen MR) is 93.1 cm³/mol. The van der Waals surface area contributed by atoms with Crippen LogP contribution in [0.3, 0.4) is 0 Å². The molecule has 0 unspecified atom stereocenters. The molecule has 1 aromatic carbocycles. The number of rotatable bonds is 5. The molecule has 24 heavy (non-hydrogen) atoms. The van der Waals surface area contributed by atoms with Crippen LogP contribution in [-0.4, -0.2) is 18.4 Å². The van der Waals surface area contributed by atoms with Crippen molar-refractivity contribution in [3.8, 4) is 5.75 Å². The first kappa shape index (κ1) is 16.9. The molecular formula is C16H14BrFN2O3S. The van der Waals surface area contributed by atoms with Crippen LogP contribution in [0.25, 0.3) is 0 Å². The molecule has 1 aromatic heterocycles. The number of carbonyl (C=O) groups excluding carboxylic acids is 2. The van der Waals surface area contributed by atoms with E-state index in [-0.39, 0.29) is 6.61 Å². The van der Waals surface area contributed by atoms with E-state index in [9.17, 15) is 14.0 Å². The lowest BCUT2D eigenvalue weighted by Crippen LogP contribution is -2.22. The summed E-state index contributed by atoms with van der Waals surface area (Å²) in [6.45, 7) is -0.259. The van der Waals surface area contributed by atoms with E-state index in [0.717, 1.165) is 29.7 Å². The van der Waals surface area contributed by atoms with E-state index >= 15 is 0 Å². The third kappa shape index (κ3) is 3.44. The number of thiophene rings is 1. The highest BCUT2D eigenvalue weighted by Crippen LogP contribution is 2.38. The first-order chi connectivity index (χ1) is 11.5. The second-order valence-electron chi connectivity index (χ2n) is 5.34. The molecule has 0 saturated heterocycles. The topological polar surface area (TPSA) is 81.4 Å². The van der Waals surface area contributed by atoms with Crippen molar-refractivity contribution in [2.24, 2.45) is 5.73 Å². The van der Waals surface area contributed by atoms with E-state index in [2.05, 4.69) is 21.2 Å². The molecule has 3 N–H and O–H groups in total. The summed E-state index contributed by atoms with van der Waals surface area (Å²) in [6.07, 6.45) is 2.70. The van der Waals surface area contributed by atoms with Gasteiger partial charge in [0, 0.05) is 4.88 Å². The minimum absolute atomic E-state index is 0.259. The Kier molecular flexibility index (Phi) is 4.86. The number of carbonyl (C=O) groups is 2. The summed E-state index contributed by atoms with van der Waals surface area (Å²) in [7, 11) is 0. The van der Waals surface area contributed by atoms with Gasteiger partial charge in [-0.15, -0.1) is 11.3 Å². The van der Waals surface area contributed by atoms with Gasteiger partial charge >= 0.3 is 0 Å². The summed E-state index contributed by atoms with van der Waals surface area (Å²) in [6, 6.07) is 3.93. The Bertz CT molecular complexity index is 822. The number of anilines is 1.